The molecule has 0 spiro atoms. The molecule has 25 heavy (non-hydrogen) atoms. The third-order valence-electron chi connectivity index (χ3n) is 4.57. The Kier molecular flexibility index (Phi) is 5.45. The minimum absolute atomic E-state index is 0.0805. The van der Waals surface area contributed by atoms with Crippen LogP contribution in [-0.4, -0.2) is 53.1 Å². The van der Waals surface area contributed by atoms with Crippen molar-refractivity contribution in [3.63, 3.8) is 0 Å². The molecule has 4 N–H and O–H groups in total. The summed E-state index contributed by atoms with van der Waals surface area (Å²) in [6.45, 7) is 2.82. The van der Waals surface area contributed by atoms with E-state index in [-0.39, 0.29) is 17.7 Å². The highest BCUT2D eigenvalue weighted by atomic mass is 16.2. The first-order chi connectivity index (χ1) is 12.1. The van der Waals surface area contributed by atoms with E-state index in [0.717, 1.165) is 24.9 Å². The maximum absolute atomic E-state index is 12.5. The molecule has 132 valence electrons. The van der Waals surface area contributed by atoms with Gasteiger partial charge in [0.05, 0.1) is 23.4 Å². The van der Waals surface area contributed by atoms with Crippen molar-refractivity contribution in [3.05, 3.63) is 42.1 Å². The molecule has 1 aromatic carbocycles. The quantitative estimate of drug-likeness (QED) is 0.729. The summed E-state index contributed by atoms with van der Waals surface area (Å²) in [5.74, 6) is -0.473. The standard InChI is InChI=1S/C18H23N5O2/c19-17(24)14-7-4-9-23(12-14)10-8-20-18(25)15-11-21-22-16(15)13-5-2-1-3-6-13/h1-3,5-6,11,14H,4,7-10,12H2,(H2,19,24)(H,20,25)(H,21,22)/t14-/m1/s1. The van der Waals surface area contributed by atoms with Gasteiger partial charge in [-0.2, -0.15) is 5.10 Å². The number of likely N-dealkylation sites (tertiary alicyclic amines) is 1. The van der Waals surface area contributed by atoms with Crippen LogP contribution in [0, 0.1) is 5.92 Å². The molecule has 1 fully saturated rings. The lowest BCUT2D eigenvalue weighted by Crippen LogP contribution is -2.44. The van der Waals surface area contributed by atoms with Gasteiger partial charge in [0.15, 0.2) is 0 Å². The van der Waals surface area contributed by atoms with Gasteiger partial charge in [0, 0.05) is 25.2 Å². The molecule has 1 atom stereocenters. The number of carbonyl (C=O) groups excluding carboxylic acids is 2. The van der Waals surface area contributed by atoms with Crippen LogP contribution in [-0.2, 0) is 4.79 Å². The van der Waals surface area contributed by atoms with E-state index in [1.54, 1.807) is 6.20 Å². The van der Waals surface area contributed by atoms with Gasteiger partial charge in [0.2, 0.25) is 5.91 Å². The normalized spacial score (nSPS) is 18.0. The summed E-state index contributed by atoms with van der Waals surface area (Å²) < 4.78 is 0. The maximum atomic E-state index is 12.5. The van der Waals surface area contributed by atoms with Crippen molar-refractivity contribution < 1.29 is 9.59 Å². The van der Waals surface area contributed by atoms with Crippen molar-refractivity contribution in [1.29, 1.82) is 0 Å². The van der Waals surface area contributed by atoms with E-state index in [9.17, 15) is 9.59 Å². The number of primary amides is 1. The number of carbonyl (C=O) groups is 2. The predicted molar refractivity (Wildman–Crippen MR) is 94.7 cm³/mol. The number of nitrogens with two attached hydrogens (primary N) is 1. The first kappa shape index (κ1) is 17.2. The topological polar surface area (TPSA) is 104 Å². The second-order valence-electron chi connectivity index (χ2n) is 6.32. The molecule has 3 rings (SSSR count). The maximum Gasteiger partial charge on any atom is 0.255 e. The summed E-state index contributed by atoms with van der Waals surface area (Å²) in [6, 6.07) is 9.63. The van der Waals surface area contributed by atoms with Crippen LogP contribution in [0.2, 0.25) is 0 Å². The Morgan fingerprint density at radius 1 is 1.32 bits per heavy atom. The van der Waals surface area contributed by atoms with Crippen LogP contribution in [0.4, 0.5) is 0 Å². The van der Waals surface area contributed by atoms with Crippen LogP contribution in [0.1, 0.15) is 23.2 Å². The van der Waals surface area contributed by atoms with E-state index in [2.05, 4.69) is 20.4 Å². The highest BCUT2D eigenvalue weighted by molar-refractivity contribution is 5.99. The minimum Gasteiger partial charge on any atom is -0.369 e. The van der Waals surface area contributed by atoms with E-state index in [1.807, 2.05) is 30.3 Å². The highest BCUT2D eigenvalue weighted by Crippen LogP contribution is 2.20. The third-order valence-corrected chi connectivity index (χ3v) is 4.57. The SMILES string of the molecule is NC(=O)[C@@H]1CCCN(CCNC(=O)c2cn[nH]c2-c2ccccc2)C1. The predicted octanol–water partition coefficient (Wildman–Crippen LogP) is 1.00. The molecular weight excluding hydrogens is 318 g/mol. The van der Waals surface area contributed by atoms with E-state index in [1.165, 1.54) is 0 Å². The average molecular weight is 341 g/mol. The Bertz CT molecular complexity index is 728. The smallest absolute Gasteiger partial charge is 0.255 e. The number of amides is 2. The monoisotopic (exact) mass is 341 g/mol. The van der Waals surface area contributed by atoms with Crippen LogP contribution in [0.5, 0.6) is 0 Å². The van der Waals surface area contributed by atoms with Crippen molar-refractivity contribution in [2.75, 3.05) is 26.2 Å². The fourth-order valence-corrected chi connectivity index (χ4v) is 3.20. The molecular formula is C18H23N5O2. The van der Waals surface area contributed by atoms with Crippen LogP contribution >= 0.6 is 0 Å². The van der Waals surface area contributed by atoms with Gasteiger partial charge in [0.25, 0.3) is 5.91 Å². The number of H-pyrrole nitrogens is 1. The minimum atomic E-state index is -0.236. The van der Waals surface area contributed by atoms with Crippen LogP contribution < -0.4 is 11.1 Å². The molecule has 2 aromatic rings. The lowest BCUT2D eigenvalue weighted by molar-refractivity contribution is -0.123. The first-order valence-corrected chi connectivity index (χ1v) is 8.54. The molecule has 0 unspecified atom stereocenters. The van der Waals surface area contributed by atoms with Gasteiger partial charge in [0.1, 0.15) is 0 Å². The molecule has 0 saturated carbocycles. The number of rotatable bonds is 6. The van der Waals surface area contributed by atoms with Crippen molar-refractivity contribution >= 4 is 11.8 Å². The largest absolute Gasteiger partial charge is 0.369 e. The number of nitrogens with one attached hydrogen (secondary N) is 2. The van der Waals surface area contributed by atoms with E-state index in [4.69, 9.17) is 5.73 Å². The van der Waals surface area contributed by atoms with Crippen molar-refractivity contribution in [2.24, 2.45) is 11.7 Å². The fraction of sp³-hybridized carbons (Fsp3) is 0.389. The fourth-order valence-electron chi connectivity index (χ4n) is 3.20. The highest BCUT2D eigenvalue weighted by Gasteiger charge is 2.23. The molecule has 2 heterocycles. The Labute approximate surface area is 146 Å². The van der Waals surface area contributed by atoms with Gasteiger partial charge in [-0.1, -0.05) is 30.3 Å². The second kappa shape index (κ2) is 7.94. The molecule has 0 bridgehead atoms. The van der Waals surface area contributed by atoms with Crippen molar-refractivity contribution in [2.45, 2.75) is 12.8 Å². The number of benzene rings is 1. The van der Waals surface area contributed by atoms with Gasteiger partial charge in [-0.3, -0.25) is 14.7 Å². The van der Waals surface area contributed by atoms with E-state index < -0.39 is 0 Å². The van der Waals surface area contributed by atoms with Crippen molar-refractivity contribution in [1.82, 2.24) is 20.4 Å². The Morgan fingerprint density at radius 3 is 2.88 bits per heavy atom. The molecule has 7 nitrogen and oxygen atoms in total. The number of hydrogen-bond acceptors (Lipinski definition) is 4. The van der Waals surface area contributed by atoms with Crippen LogP contribution in [0.25, 0.3) is 11.3 Å². The van der Waals surface area contributed by atoms with Gasteiger partial charge < -0.3 is 16.0 Å². The zero-order valence-corrected chi connectivity index (χ0v) is 14.1. The van der Waals surface area contributed by atoms with E-state index in [0.29, 0.717) is 30.9 Å². The summed E-state index contributed by atoms with van der Waals surface area (Å²) in [7, 11) is 0. The van der Waals surface area contributed by atoms with Gasteiger partial charge in [-0.25, -0.2) is 0 Å². The number of aromatic nitrogens is 2. The summed E-state index contributed by atoms with van der Waals surface area (Å²) in [6.07, 6.45) is 3.36. The van der Waals surface area contributed by atoms with Gasteiger partial charge >= 0.3 is 0 Å². The molecule has 0 aliphatic carbocycles. The summed E-state index contributed by atoms with van der Waals surface area (Å²) in [5, 5.41) is 9.82. The summed E-state index contributed by atoms with van der Waals surface area (Å²) in [5.41, 5.74) is 7.56. The van der Waals surface area contributed by atoms with Crippen molar-refractivity contribution in [3.8, 4) is 11.3 Å². The average Bonchev–Trinajstić information content (AvgIpc) is 3.12. The number of aromatic amines is 1. The van der Waals surface area contributed by atoms with Crippen LogP contribution in [0.15, 0.2) is 36.5 Å². The summed E-state index contributed by atoms with van der Waals surface area (Å²) >= 11 is 0. The number of piperidine rings is 1. The molecule has 0 radical (unpaired) electrons. The molecule has 1 aromatic heterocycles. The molecule has 7 heteroatoms. The van der Waals surface area contributed by atoms with Gasteiger partial charge in [-0.05, 0) is 19.4 Å². The first-order valence-electron chi connectivity index (χ1n) is 8.54. The molecule has 1 saturated heterocycles. The Balaban J connectivity index is 1.54. The molecule has 1 aliphatic heterocycles. The molecule has 2 amide bonds. The molecule has 1 aliphatic rings. The second-order valence-corrected chi connectivity index (χ2v) is 6.32. The van der Waals surface area contributed by atoms with E-state index >= 15 is 0 Å². The zero-order valence-electron chi connectivity index (χ0n) is 14.1. The Morgan fingerprint density at radius 2 is 2.12 bits per heavy atom. The van der Waals surface area contributed by atoms with Crippen LogP contribution in [0.3, 0.4) is 0 Å². The number of hydrogen-bond donors (Lipinski definition) is 3. The zero-order chi connectivity index (χ0) is 17.6. The summed E-state index contributed by atoms with van der Waals surface area (Å²) in [4.78, 5) is 25.9. The third kappa shape index (κ3) is 4.24. The number of nitrogens with zero attached hydrogens (tertiary/aromatic N) is 2. The lowest BCUT2D eigenvalue weighted by Gasteiger charge is -2.31. The Hall–Kier alpha value is -2.67. The lowest BCUT2D eigenvalue weighted by atomic mass is 9.97. The van der Waals surface area contributed by atoms with Gasteiger partial charge in [-0.15, -0.1) is 0 Å².